The van der Waals surface area contributed by atoms with Crippen molar-refractivity contribution < 1.29 is 22.7 Å². The molecule has 0 saturated carbocycles. The number of amides is 2. The zero-order chi connectivity index (χ0) is 25.3. The number of halogens is 3. The molecule has 4 nitrogen and oxygen atoms in total. The van der Waals surface area contributed by atoms with Gasteiger partial charge in [-0.3, -0.25) is 0 Å². The van der Waals surface area contributed by atoms with Crippen LogP contribution >= 0.6 is 0 Å². The Morgan fingerprint density at radius 1 is 1.00 bits per heavy atom. The van der Waals surface area contributed by atoms with Crippen LogP contribution in [0.1, 0.15) is 48.1 Å². The van der Waals surface area contributed by atoms with Gasteiger partial charge in [0.25, 0.3) is 0 Å². The molecule has 2 amide bonds. The maximum Gasteiger partial charge on any atom is 0.416 e. The van der Waals surface area contributed by atoms with E-state index in [1.54, 1.807) is 24.0 Å². The molecule has 3 aromatic rings. The Balaban J connectivity index is 1.77. The van der Waals surface area contributed by atoms with E-state index in [-0.39, 0.29) is 24.5 Å². The monoisotopic (exact) mass is 482 g/mol. The number of alkyl halides is 3. The summed E-state index contributed by atoms with van der Waals surface area (Å²) in [4.78, 5) is 16.3. The average Bonchev–Trinajstić information content (AvgIpc) is 3.12. The largest absolute Gasteiger partial charge is 0.496 e. The van der Waals surface area contributed by atoms with Gasteiger partial charge in [-0.25, -0.2) is 4.79 Å². The molecule has 1 aliphatic rings. The first-order valence-corrected chi connectivity index (χ1v) is 11.5. The Morgan fingerprint density at radius 3 is 2.34 bits per heavy atom. The minimum absolute atomic E-state index is 0.0564. The van der Waals surface area contributed by atoms with Gasteiger partial charge in [-0.1, -0.05) is 56.3 Å². The third kappa shape index (κ3) is 4.99. The molecule has 7 heteroatoms. The number of carbonyl (C=O) groups is 1. The summed E-state index contributed by atoms with van der Waals surface area (Å²) in [7, 11) is 3.27. The third-order valence-electron chi connectivity index (χ3n) is 6.59. The van der Waals surface area contributed by atoms with Gasteiger partial charge in [0.1, 0.15) is 5.75 Å². The van der Waals surface area contributed by atoms with E-state index >= 15 is 0 Å². The highest BCUT2D eigenvalue weighted by Gasteiger charge is 2.37. The number of methoxy groups -OCH3 is 1. The van der Waals surface area contributed by atoms with Crippen molar-refractivity contribution in [3.63, 3.8) is 0 Å². The second kappa shape index (κ2) is 9.64. The fraction of sp³-hybridized carbons (Fsp3) is 0.321. The number of likely N-dealkylation sites (N-methyl/N-ethyl adjacent to an activating group) is 1. The number of rotatable bonds is 6. The number of ether oxygens (including phenoxy) is 1. The van der Waals surface area contributed by atoms with Gasteiger partial charge in [-0.2, -0.15) is 13.2 Å². The predicted molar refractivity (Wildman–Crippen MR) is 130 cm³/mol. The van der Waals surface area contributed by atoms with Crippen LogP contribution in [0.3, 0.4) is 0 Å². The van der Waals surface area contributed by atoms with E-state index in [2.05, 4.69) is 13.8 Å². The number of hydrogen-bond donors (Lipinski definition) is 0. The molecule has 0 aromatic heterocycles. The summed E-state index contributed by atoms with van der Waals surface area (Å²) in [5.41, 5.74) is 3.05. The minimum atomic E-state index is -4.49. The molecule has 1 unspecified atom stereocenters. The number of benzene rings is 3. The Bertz CT molecular complexity index is 1210. The maximum absolute atomic E-state index is 13.6. The summed E-state index contributed by atoms with van der Waals surface area (Å²) in [6.45, 7) is 4.56. The molecule has 4 rings (SSSR count). The zero-order valence-corrected chi connectivity index (χ0v) is 20.3. The van der Waals surface area contributed by atoms with E-state index in [9.17, 15) is 18.0 Å². The van der Waals surface area contributed by atoms with Gasteiger partial charge in [-0.05, 0) is 52.4 Å². The van der Waals surface area contributed by atoms with Crippen LogP contribution in [0.4, 0.5) is 18.0 Å². The third-order valence-corrected chi connectivity index (χ3v) is 6.59. The maximum atomic E-state index is 13.6. The first kappa shape index (κ1) is 24.6. The summed E-state index contributed by atoms with van der Waals surface area (Å²) in [5, 5.41) is 0. The van der Waals surface area contributed by atoms with Crippen molar-refractivity contribution in [2.24, 2.45) is 0 Å². The molecule has 0 radical (unpaired) electrons. The molecule has 35 heavy (non-hydrogen) atoms. The molecular formula is C28H29F3N2O2. The van der Waals surface area contributed by atoms with Gasteiger partial charge < -0.3 is 14.5 Å². The fourth-order valence-electron chi connectivity index (χ4n) is 4.57. The zero-order valence-electron chi connectivity index (χ0n) is 20.3. The molecule has 1 fully saturated rings. The van der Waals surface area contributed by atoms with Crippen molar-refractivity contribution >= 4 is 6.03 Å². The van der Waals surface area contributed by atoms with Crippen LogP contribution < -0.4 is 4.74 Å². The number of nitrogens with zero attached hydrogens (tertiary/aromatic N) is 2. The van der Waals surface area contributed by atoms with Crippen molar-refractivity contribution in [1.29, 1.82) is 0 Å². The van der Waals surface area contributed by atoms with Crippen LogP contribution in [0.25, 0.3) is 11.1 Å². The molecule has 1 atom stereocenters. The molecule has 0 bridgehead atoms. The predicted octanol–water partition coefficient (Wildman–Crippen LogP) is 7.11. The van der Waals surface area contributed by atoms with Crippen LogP contribution in [-0.2, 0) is 12.7 Å². The number of hydrogen-bond acceptors (Lipinski definition) is 2. The van der Waals surface area contributed by atoms with E-state index < -0.39 is 11.7 Å². The summed E-state index contributed by atoms with van der Waals surface area (Å²) < 4.78 is 46.5. The van der Waals surface area contributed by atoms with Crippen molar-refractivity contribution in [2.75, 3.05) is 20.7 Å². The van der Waals surface area contributed by atoms with E-state index in [1.807, 2.05) is 48.5 Å². The summed E-state index contributed by atoms with van der Waals surface area (Å²) in [6.07, 6.45) is -4.49. The van der Waals surface area contributed by atoms with Gasteiger partial charge in [0, 0.05) is 25.7 Å². The Morgan fingerprint density at radius 2 is 1.71 bits per heavy atom. The molecule has 0 N–H and O–H groups in total. The lowest BCUT2D eigenvalue weighted by molar-refractivity contribution is -0.137. The highest BCUT2D eigenvalue weighted by Crippen LogP contribution is 2.39. The first-order chi connectivity index (χ1) is 16.6. The molecule has 0 spiro atoms. The Labute approximate surface area is 203 Å². The standard InChI is InChI=1S/C28H29F3N2O2/c1-18(2)20-10-13-26(35-4)24(15-20)23-12-11-22(28(29,30)31)14-21(23)16-33-17-25(32(3)27(33)34)19-8-6-5-7-9-19/h5-15,18,25H,16-17H2,1-4H3. The minimum Gasteiger partial charge on any atom is -0.496 e. The van der Waals surface area contributed by atoms with Gasteiger partial charge in [0.2, 0.25) is 0 Å². The van der Waals surface area contributed by atoms with E-state index in [4.69, 9.17) is 4.74 Å². The molecule has 1 heterocycles. The molecule has 1 saturated heterocycles. The van der Waals surface area contributed by atoms with Crippen LogP contribution in [0.2, 0.25) is 0 Å². The van der Waals surface area contributed by atoms with Crippen LogP contribution in [-0.4, -0.2) is 36.5 Å². The fourth-order valence-corrected chi connectivity index (χ4v) is 4.57. The second-order valence-electron chi connectivity index (χ2n) is 9.18. The molecule has 3 aromatic carbocycles. The van der Waals surface area contributed by atoms with E-state index in [1.165, 1.54) is 6.07 Å². The van der Waals surface area contributed by atoms with Crippen LogP contribution in [0, 0.1) is 0 Å². The topological polar surface area (TPSA) is 32.8 Å². The molecule has 1 aliphatic heterocycles. The summed E-state index contributed by atoms with van der Waals surface area (Å²) >= 11 is 0. The number of urea groups is 1. The van der Waals surface area contributed by atoms with Crippen LogP contribution in [0.5, 0.6) is 5.75 Å². The Kier molecular flexibility index (Phi) is 6.79. The highest BCUT2D eigenvalue weighted by atomic mass is 19.4. The van der Waals surface area contributed by atoms with E-state index in [0.29, 0.717) is 29.0 Å². The number of carbonyl (C=O) groups excluding carboxylic acids is 1. The molecule has 0 aliphatic carbocycles. The summed E-state index contributed by atoms with van der Waals surface area (Å²) in [5.74, 6) is 0.806. The highest BCUT2D eigenvalue weighted by molar-refractivity contribution is 5.79. The quantitative estimate of drug-likeness (QED) is 0.375. The normalized spacial score (nSPS) is 16.3. The summed E-state index contributed by atoms with van der Waals surface area (Å²) in [6, 6.07) is 18.7. The van der Waals surface area contributed by atoms with Crippen molar-refractivity contribution in [1.82, 2.24) is 9.80 Å². The first-order valence-electron chi connectivity index (χ1n) is 11.5. The van der Waals surface area contributed by atoms with Gasteiger partial charge >= 0.3 is 12.2 Å². The molecular weight excluding hydrogens is 453 g/mol. The second-order valence-corrected chi connectivity index (χ2v) is 9.18. The molecule has 184 valence electrons. The van der Waals surface area contributed by atoms with Gasteiger partial charge in [-0.15, -0.1) is 0 Å². The van der Waals surface area contributed by atoms with Gasteiger partial charge in [0.15, 0.2) is 0 Å². The Hall–Kier alpha value is -3.48. The lowest BCUT2D eigenvalue weighted by atomic mass is 9.92. The van der Waals surface area contributed by atoms with Gasteiger partial charge in [0.05, 0.1) is 18.7 Å². The van der Waals surface area contributed by atoms with Crippen molar-refractivity contribution in [3.05, 3.63) is 89.0 Å². The smallest absolute Gasteiger partial charge is 0.416 e. The average molecular weight is 483 g/mol. The lowest BCUT2D eigenvalue weighted by Gasteiger charge is -2.21. The lowest BCUT2D eigenvalue weighted by Crippen LogP contribution is -2.29. The van der Waals surface area contributed by atoms with Crippen molar-refractivity contribution in [3.8, 4) is 16.9 Å². The van der Waals surface area contributed by atoms with Crippen molar-refractivity contribution in [2.45, 2.75) is 38.5 Å². The van der Waals surface area contributed by atoms with Crippen LogP contribution in [0.15, 0.2) is 66.7 Å². The van der Waals surface area contributed by atoms with E-state index in [0.717, 1.165) is 23.3 Å². The SMILES string of the molecule is COc1ccc(C(C)C)cc1-c1ccc(C(F)(F)F)cc1CN1CC(c2ccccc2)N(C)C1=O.